The number of hydrogen-bond donors (Lipinski definition) is 3. The van der Waals surface area contributed by atoms with Crippen molar-refractivity contribution in [2.75, 3.05) is 5.73 Å². The predicted octanol–water partition coefficient (Wildman–Crippen LogP) is 2.68. The highest BCUT2D eigenvalue weighted by Crippen LogP contribution is 2.32. The van der Waals surface area contributed by atoms with Crippen molar-refractivity contribution < 1.29 is 15.0 Å². The Hall–Kier alpha value is -3.41. The normalized spacial score (nSPS) is 10.5. The third-order valence-corrected chi connectivity index (χ3v) is 3.73. The van der Waals surface area contributed by atoms with E-state index in [9.17, 15) is 15.0 Å². The summed E-state index contributed by atoms with van der Waals surface area (Å²) in [6.07, 6.45) is 4.71. The van der Waals surface area contributed by atoms with Crippen LogP contribution in [0.1, 0.15) is 21.5 Å². The van der Waals surface area contributed by atoms with Gasteiger partial charge in [0.2, 0.25) is 0 Å². The molecule has 6 nitrogen and oxygen atoms in total. The number of aryl methyl sites for hydroxylation is 1. The van der Waals surface area contributed by atoms with E-state index in [1.165, 1.54) is 18.5 Å². The van der Waals surface area contributed by atoms with Crippen LogP contribution in [0.25, 0.3) is 11.1 Å². The number of aromatic hydroxyl groups is 2. The van der Waals surface area contributed by atoms with Crippen LogP contribution in [0.5, 0.6) is 11.5 Å². The fraction of sp³-hybridized carbons (Fsp3) is 0.0556. The van der Waals surface area contributed by atoms with Gasteiger partial charge in [-0.2, -0.15) is 0 Å². The van der Waals surface area contributed by atoms with Gasteiger partial charge in [-0.25, -0.2) is 9.97 Å². The number of phenols is 2. The van der Waals surface area contributed by atoms with Crippen LogP contribution in [0.2, 0.25) is 0 Å². The second-order valence-electron chi connectivity index (χ2n) is 5.42. The molecule has 2 aromatic carbocycles. The van der Waals surface area contributed by atoms with Gasteiger partial charge >= 0.3 is 0 Å². The summed E-state index contributed by atoms with van der Waals surface area (Å²) in [6.45, 7) is 1.60. The minimum Gasteiger partial charge on any atom is -0.504 e. The van der Waals surface area contributed by atoms with Crippen molar-refractivity contribution in [2.24, 2.45) is 0 Å². The number of hydrogen-bond acceptors (Lipinski definition) is 6. The van der Waals surface area contributed by atoms with Gasteiger partial charge < -0.3 is 15.9 Å². The van der Waals surface area contributed by atoms with E-state index in [4.69, 9.17) is 5.73 Å². The van der Waals surface area contributed by atoms with Crippen molar-refractivity contribution in [3.8, 4) is 22.6 Å². The first-order valence-electron chi connectivity index (χ1n) is 7.19. The van der Waals surface area contributed by atoms with Gasteiger partial charge in [0, 0.05) is 34.8 Å². The topological polar surface area (TPSA) is 109 Å². The molecular weight excluding hydrogens is 306 g/mol. The van der Waals surface area contributed by atoms with Gasteiger partial charge in [-0.3, -0.25) is 4.79 Å². The molecule has 0 aliphatic rings. The number of nitrogen functional groups attached to an aromatic ring is 1. The van der Waals surface area contributed by atoms with Crippen LogP contribution < -0.4 is 5.73 Å². The van der Waals surface area contributed by atoms with Gasteiger partial charge in [0.1, 0.15) is 6.33 Å². The Bertz CT molecular complexity index is 901. The summed E-state index contributed by atoms with van der Waals surface area (Å²) in [6, 6.07) is 7.82. The lowest BCUT2D eigenvalue weighted by atomic mass is 9.96. The van der Waals surface area contributed by atoms with Crippen molar-refractivity contribution in [2.45, 2.75) is 6.92 Å². The molecule has 120 valence electrons. The Morgan fingerprint density at radius 1 is 1.04 bits per heavy atom. The highest BCUT2D eigenvalue weighted by molar-refractivity contribution is 6.13. The number of rotatable bonds is 3. The van der Waals surface area contributed by atoms with Crippen LogP contribution >= 0.6 is 0 Å². The molecule has 24 heavy (non-hydrogen) atoms. The Morgan fingerprint density at radius 2 is 1.75 bits per heavy atom. The van der Waals surface area contributed by atoms with Crippen LogP contribution in [0, 0.1) is 6.92 Å². The van der Waals surface area contributed by atoms with Gasteiger partial charge in [0.25, 0.3) is 0 Å². The van der Waals surface area contributed by atoms with E-state index < -0.39 is 0 Å². The maximum Gasteiger partial charge on any atom is 0.195 e. The van der Waals surface area contributed by atoms with E-state index in [0.717, 1.165) is 11.1 Å². The lowest BCUT2D eigenvalue weighted by molar-refractivity contribution is 0.103. The summed E-state index contributed by atoms with van der Waals surface area (Å²) in [5.74, 6) is -0.927. The van der Waals surface area contributed by atoms with Crippen LogP contribution in [-0.2, 0) is 0 Å². The SMILES string of the molecule is Cc1cc(C(=O)c2cc(-c3cncnc3)ccc2N)cc(O)c1O. The van der Waals surface area contributed by atoms with Gasteiger partial charge in [0.05, 0.1) is 0 Å². The number of phenolic OH excluding ortho intramolecular Hbond substituents is 2. The number of ketones is 1. The molecule has 0 spiro atoms. The monoisotopic (exact) mass is 321 g/mol. The Kier molecular flexibility index (Phi) is 3.87. The van der Waals surface area contributed by atoms with E-state index >= 15 is 0 Å². The molecule has 0 radical (unpaired) electrons. The smallest absolute Gasteiger partial charge is 0.195 e. The second-order valence-corrected chi connectivity index (χ2v) is 5.42. The highest BCUT2D eigenvalue weighted by Gasteiger charge is 2.17. The van der Waals surface area contributed by atoms with Crippen LogP contribution in [0.4, 0.5) is 5.69 Å². The number of benzene rings is 2. The van der Waals surface area contributed by atoms with Gasteiger partial charge in [-0.15, -0.1) is 0 Å². The molecule has 6 heteroatoms. The van der Waals surface area contributed by atoms with Crippen LogP contribution in [0.3, 0.4) is 0 Å². The standard InChI is InChI=1S/C18H15N3O3/c1-10-4-12(6-16(22)17(10)23)18(24)14-5-11(2-3-15(14)19)13-7-20-9-21-8-13/h2-9,22-23H,19H2,1H3. The van der Waals surface area contributed by atoms with Gasteiger partial charge in [-0.1, -0.05) is 6.07 Å². The second kappa shape index (κ2) is 6.00. The molecule has 4 N–H and O–H groups in total. The number of anilines is 1. The number of nitrogens with two attached hydrogens (primary N) is 1. The van der Waals surface area contributed by atoms with E-state index in [2.05, 4.69) is 9.97 Å². The average molecular weight is 321 g/mol. The average Bonchev–Trinajstić information content (AvgIpc) is 2.60. The van der Waals surface area contributed by atoms with Crippen LogP contribution in [0.15, 0.2) is 49.1 Å². The molecule has 3 aromatic rings. The minimum absolute atomic E-state index is 0.241. The first kappa shape index (κ1) is 15.5. The molecule has 0 atom stereocenters. The fourth-order valence-corrected chi connectivity index (χ4v) is 2.43. The van der Waals surface area contributed by atoms with Crippen molar-refractivity contribution in [3.05, 3.63) is 65.7 Å². The molecule has 0 aliphatic heterocycles. The number of aromatic nitrogens is 2. The van der Waals surface area contributed by atoms with Crippen molar-refractivity contribution >= 4 is 11.5 Å². The molecule has 0 fully saturated rings. The van der Waals surface area contributed by atoms with E-state index in [1.807, 2.05) is 0 Å². The molecule has 0 amide bonds. The summed E-state index contributed by atoms with van der Waals surface area (Å²) < 4.78 is 0. The molecule has 0 saturated heterocycles. The van der Waals surface area contributed by atoms with Crippen molar-refractivity contribution in [3.63, 3.8) is 0 Å². The number of nitrogens with zero attached hydrogens (tertiary/aromatic N) is 2. The summed E-state index contributed by atoms with van der Waals surface area (Å²) in [5, 5.41) is 19.4. The Morgan fingerprint density at radius 3 is 2.42 bits per heavy atom. The molecule has 1 aromatic heterocycles. The lowest BCUT2D eigenvalue weighted by Crippen LogP contribution is -2.06. The summed E-state index contributed by atoms with van der Waals surface area (Å²) >= 11 is 0. The molecular formula is C18H15N3O3. The molecule has 1 heterocycles. The largest absolute Gasteiger partial charge is 0.504 e. The molecule has 0 unspecified atom stereocenters. The fourth-order valence-electron chi connectivity index (χ4n) is 2.43. The van der Waals surface area contributed by atoms with Crippen molar-refractivity contribution in [1.29, 1.82) is 0 Å². The lowest BCUT2D eigenvalue weighted by Gasteiger charge is -2.10. The van der Waals surface area contributed by atoms with E-state index in [-0.39, 0.29) is 22.8 Å². The predicted molar refractivity (Wildman–Crippen MR) is 89.8 cm³/mol. The van der Waals surface area contributed by atoms with Gasteiger partial charge in [0.15, 0.2) is 17.3 Å². The maximum absolute atomic E-state index is 12.8. The quantitative estimate of drug-likeness (QED) is 0.389. The van der Waals surface area contributed by atoms with E-state index in [1.54, 1.807) is 37.5 Å². The molecule has 0 aliphatic carbocycles. The highest BCUT2D eigenvalue weighted by atomic mass is 16.3. The first-order valence-corrected chi connectivity index (χ1v) is 7.19. The Balaban J connectivity index is 2.07. The minimum atomic E-state index is -0.343. The molecule has 3 rings (SSSR count). The van der Waals surface area contributed by atoms with E-state index in [0.29, 0.717) is 16.8 Å². The summed E-state index contributed by atoms with van der Waals surface area (Å²) in [7, 11) is 0. The van der Waals surface area contributed by atoms with Crippen LogP contribution in [-0.4, -0.2) is 26.0 Å². The third-order valence-electron chi connectivity index (χ3n) is 3.73. The summed E-state index contributed by atoms with van der Waals surface area (Å²) in [4.78, 5) is 20.7. The van der Waals surface area contributed by atoms with Crippen molar-refractivity contribution in [1.82, 2.24) is 9.97 Å². The zero-order chi connectivity index (χ0) is 17.3. The molecule has 0 bridgehead atoms. The maximum atomic E-state index is 12.8. The number of carbonyl (C=O) groups excluding carboxylic acids is 1. The third kappa shape index (κ3) is 2.77. The molecule has 0 saturated carbocycles. The summed E-state index contributed by atoms with van der Waals surface area (Å²) in [5.41, 5.74) is 8.75. The Labute approximate surface area is 138 Å². The van der Waals surface area contributed by atoms with Gasteiger partial charge in [-0.05, 0) is 42.3 Å². The zero-order valence-electron chi connectivity index (χ0n) is 12.9. The number of carbonyl (C=O) groups is 1. The first-order chi connectivity index (χ1) is 11.5. The zero-order valence-corrected chi connectivity index (χ0v) is 12.9.